The molecule has 2 fully saturated rings. The van der Waals surface area contributed by atoms with Gasteiger partial charge in [0.25, 0.3) is 11.8 Å². The molecule has 5 amide bonds. The summed E-state index contributed by atoms with van der Waals surface area (Å²) in [6.07, 6.45) is 2.05. The van der Waals surface area contributed by atoms with Crippen molar-refractivity contribution in [2.75, 3.05) is 51.1 Å². The van der Waals surface area contributed by atoms with Crippen LogP contribution in [0.1, 0.15) is 97.3 Å². The number of nitrogens with zero attached hydrogens (tertiary/aromatic N) is 6. The van der Waals surface area contributed by atoms with E-state index in [0.717, 1.165) is 66.0 Å². The summed E-state index contributed by atoms with van der Waals surface area (Å²) < 4.78 is 14.5. The largest absolute Gasteiger partial charge is 0.508 e. The Labute approximate surface area is 426 Å². The van der Waals surface area contributed by atoms with Gasteiger partial charge >= 0.3 is 0 Å². The van der Waals surface area contributed by atoms with Gasteiger partial charge in [-0.3, -0.25) is 34.2 Å². The highest BCUT2D eigenvalue weighted by Crippen LogP contribution is 2.38. The Balaban J connectivity index is 0.807. The second-order valence-electron chi connectivity index (χ2n) is 19.6. The van der Waals surface area contributed by atoms with Gasteiger partial charge < -0.3 is 35.5 Å². The van der Waals surface area contributed by atoms with Crippen LogP contribution in [-0.4, -0.2) is 133 Å². The zero-order valence-corrected chi connectivity index (χ0v) is 42.6. The van der Waals surface area contributed by atoms with Gasteiger partial charge in [0.05, 0.1) is 40.3 Å². The number of unbranched alkanes of at least 4 members (excludes halogenated alkanes) is 1. The molecule has 3 aliphatic heterocycles. The average molecular weight is 1020 g/mol. The van der Waals surface area contributed by atoms with E-state index in [1.807, 2.05) is 64.4 Å². The Morgan fingerprint density at radius 3 is 2.42 bits per heavy atom. The third kappa shape index (κ3) is 12.0. The second kappa shape index (κ2) is 22.5. The summed E-state index contributed by atoms with van der Waals surface area (Å²) in [7, 11) is 0. The van der Waals surface area contributed by atoms with Crippen molar-refractivity contribution in [3.05, 3.63) is 117 Å². The van der Waals surface area contributed by atoms with Crippen LogP contribution >= 0.6 is 22.7 Å². The zero-order valence-electron chi connectivity index (χ0n) is 41.0. The van der Waals surface area contributed by atoms with Crippen molar-refractivity contribution >= 4 is 57.3 Å². The number of fused-ring (bicyclic) bond motifs is 1. The summed E-state index contributed by atoms with van der Waals surface area (Å²) in [4.78, 5) is 86.0. The fourth-order valence-electron chi connectivity index (χ4n) is 9.50. The molecule has 8 rings (SSSR count). The van der Waals surface area contributed by atoms with Crippen LogP contribution in [0.2, 0.25) is 0 Å². The number of aryl methyl sites for hydroxylation is 1. The first-order valence-corrected chi connectivity index (χ1v) is 25.8. The molecule has 2 aromatic heterocycles. The molecule has 5 N–H and O–H groups in total. The molecule has 0 spiro atoms. The molecule has 0 aliphatic carbocycles. The normalized spacial score (nSPS) is 18.5. The highest BCUT2D eigenvalue weighted by atomic mass is 32.1. The van der Waals surface area contributed by atoms with Crippen LogP contribution in [-0.2, 0) is 25.7 Å². The molecule has 378 valence electrons. The first-order valence-electron chi connectivity index (χ1n) is 24.1. The van der Waals surface area contributed by atoms with Crippen LogP contribution in [0, 0.1) is 30.0 Å². The van der Waals surface area contributed by atoms with Gasteiger partial charge in [-0.2, -0.15) is 0 Å². The quantitative estimate of drug-likeness (QED) is 0.0621. The number of piperazine rings is 1. The SMILES string of the molecule is Cc1ncsc1-c1ccc([C@H](C)NC(=O)[C@@H]2C[C@@H](O)CN2C(=O)[C@@H](NC(=O)CN2CCN(CCCC#Cc3cccc4c3C(=O)N(C(C(=O)Nc3nccs3)c3cc(F)ccc3O)C4)CC2)C(C)(C)C)cc1. The number of aromatic nitrogens is 2. The average Bonchev–Trinajstić information content (AvgIpc) is 4.17. The minimum Gasteiger partial charge on any atom is -0.508 e. The molecule has 2 saturated heterocycles. The number of carbonyl (C=O) groups is 5. The maximum atomic E-state index is 14.5. The van der Waals surface area contributed by atoms with Gasteiger partial charge in [0, 0.05) is 74.8 Å². The molecule has 3 aromatic carbocycles. The highest BCUT2D eigenvalue weighted by Gasteiger charge is 2.45. The van der Waals surface area contributed by atoms with Gasteiger partial charge in [-0.1, -0.05) is 69.0 Å². The number of amides is 5. The Morgan fingerprint density at radius 2 is 1.72 bits per heavy atom. The van der Waals surface area contributed by atoms with Crippen LogP contribution in [0.5, 0.6) is 5.75 Å². The predicted octanol–water partition coefficient (Wildman–Crippen LogP) is 5.87. The first kappa shape index (κ1) is 51.8. The molecule has 5 heterocycles. The molecule has 72 heavy (non-hydrogen) atoms. The number of β-amino-alcohol motifs (C(OH)–C–C–N with tert-alkyl or cyclic N) is 1. The molecule has 0 radical (unpaired) electrons. The number of phenolic OH excluding ortho intramolecular Hbond substituents is 1. The highest BCUT2D eigenvalue weighted by molar-refractivity contribution is 7.14. The van der Waals surface area contributed by atoms with Gasteiger partial charge in [0.2, 0.25) is 17.7 Å². The van der Waals surface area contributed by atoms with Gasteiger partial charge in [-0.25, -0.2) is 14.4 Å². The Bertz CT molecular complexity index is 2850. The van der Waals surface area contributed by atoms with Gasteiger partial charge in [0.15, 0.2) is 5.13 Å². The number of hydrogen-bond donors (Lipinski definition) is 5. The standard InChI is InChI=1S/C53H60FN9O7S2/c1-32(34-13-15-36(16-14-34)46-33(2)56-31-72-46)57-48(67)41-27-39(64)29-62(41)51(70)47(53(3,4)5)58-43(66)30-61-23-21-60(22-24-61)20-8-6-7-10-35-11-9-12-37-28-63(50(69)44(35)37)45(40-26-38(54)17-18-42(40)65)49(68)59-52-55-19-25-71-52/h9,11-19,25-26,31-32,39,41,45,47,64-65H,6,8,20-24,27-30H2,1-5H3,(H,57,67)(H,58,66)(H,55,59,68)/t32-,39+,41-,45?,47+/m0/s1. The van der Waals surface area contributed by atoms with E-state index in [2.05, 4.69) is 47.6 Å². The number of thiazole rings is 2. The number of aromatic hydroxyl groups is 1. The molecular formula is C53H60FN9O7S2. The monoisotopic (exact) mass is 1020 g/mol. The van der Waals surface area contributed by atoms with Gasteiger partial charge in [-0.15, -0.1) is 22.7 Å². The summed E-state index contributed by atoms with van der Waals surface area (Å²) in [6.45, 7) is 13.1. The van der Waals surface area contributed by atoms with Crippen molar-refractivity contribution in [3.8, 4) is 28.0 Å². The molecular weight excluding hydrogens is 958 g/mol. The molecule has 0 saturated carbocycles. The van der Waals surface area contributed by atoms with E-state index in [9.17, 15) is 38.6 Å². The Hall–Kier alpha value is -6.56. The Morgan fingerprint density at radius 1 is 0.972 bits per heavy atom. The second-order valence-corrected chi connectivity index (χ2v) is 21.4. The summed E-state index contributed by atoms with van der Waals surface area (Å²) >= 11 is 2.76. The zero-order chi connectivity index (χ0) is 51.3. The Kier molecular flexibility index (Phi) is 16.2. The van der Waals surface area contributed by atoms with E-state index in [4.69, 9.17) is 0 Å². The molecule has 0 bridgehead atoms. The topological polar surface area (TPSA) is 201 Å². The first-order chi connectivity index (χ1) is 34.4. The number of hydrogen-bond acceptors (Lipinski definition) is 13. The van der Waals surface area contributed by atoms with Crippen LogP contribution < -0.4 is 16.0 Å². The fourth-order valence-corrected chi connectivity index (χ4v) is 10.8. The number of carbonyl (C=O) groups excluding carboxylic acids is 5. The molecule has 1 unspecified atom stereocenters. The lowest BCUT2D eigenvalue weighted by atomic mass is 9.85. The van der Waals surface area contributed by atoms with Gasteiger partial charge in [0.1, 0.15) is 29.7 Å². The third-order valence-corrected chi connectivity index (χ3v) is 15.0. The maximum absolute atomic E-state index is 14.5. The lowest BCUT2D eigenvalue weighted by Crippen LogP contribution is -2.59. The van der Waals surface area contributed by atoms with E-state index >= 15 is 0 Å². The number of phenols is 1. The van der Waals surface area contributed by atoms with Crippen molar-refractivity contribution in [2.24, 2.45) is 5.41 Å². The molecule has 5 aromatic rings. The molecule has 3 aliphatic rings. The number of aliphatic hydroxyl groups excluding tert-OH is 1. The van der Waals surface area contributed by atoms with E-state index in [-0.39, 0.29) is 55.2 Å². The van der Waals surface area contributed by atoms with Crippen LogP contribution in [0.25, 0.3) is 10.4 Å². The van der Waals surface area contributed by atoms with Crippen molar-refractivity contribution in [1.82, 2.24) is 40.2 Å². The number of anilines is 1. The number of aliphatic hydroxyl groups is 1. The fraction of sp³-hybridized carbons (Fsp3) is 0.415. The summed E-state index contributed by atoms with van der Waals surface area (Å²) in [6, 6.07) is 13.0. The van der Waals surface area contributed by atoms with Crippen LogP contribution in [0.4, 0.5) is 9.52 Å². The smallest absolute Gasteiger partial charge is 0.256 e. The van der Waals surface area contributed by atoms with Gasteiger partial charge in [-0.05, 0) is 73.2 Å². The number of nitrogens with one attached hydrogen (secondary N) is 3. The minimum absolute atomic E-state index is 0.0141. The minimum atomic E-state index is -1.35. The number of halogens is 1. The van der Waals surface area contributed by atoms with E-state index in [1.54, 1.807) is 34.9 Å². The summed E-state index contributed by atoms with van der Waals surface area (Å²) in [5.74, 6) is 3.20. The number of rotatable bonds is 15. The molecule has 5 atom stereocenters. The number of likely N-dealkylation sites (tertiary alicyclic amines) is 1. The van der Waals surface area contributed by atoms with Crippen molar-refractivity contribution in [3.63, 3.8) is 0 Å². The van der Waals surface area contributed by atoms with E-state index in [0.29, 0.717) is 41.3 Å². The third-order valence-electron chi connectivity index (χ3n) is 13.4. The van der Waals surface area contributed by atoms with Crippen LogP contribution in [0.15, 0.2) is 77.8 Å². The summed E-state index contributed by atoms with van der Waals surface area (Å²) in [5.41, 5.74) is 5.51. The predicted molar refractivity (Wildman–Crippen MR) is 273 cm³/mol. The maximum Gasteiger partial charge on any atom is 0.256 e. The molecule has 16 nitrogen and oxygen atoms in total. The van der Waals surface area contributed by atoms with Crippen molar-refractivity contribution in [2.45, 2.75) is 90.7 Å². The number of benzene rings is 3. The van der Waals surface area contributed by atoms with Crippen molar-refractivity contribution < 1.29 is 38.6 Å². The lowest BCUT2D eigenvalue weighted by Gasteiger charge is -2.37. The van der Waals surface area contributed by atoms with Crippen molar-refractivity contribution in [1.29, 1.82) is 0 Å². The van der Waals surface area contributed by atoms with E-state index < -0.39 is 53.2 Å². The lowest BCUT2D eigenvalue weighted by molar-refractivity contribution is -0.144. The summed E-state index contributed by atoms with van der Waals surface area (Å²) in [5, 5.41) is 32.1. The molecule has 19 heteroatoms. The van der Waals surface area contributed by atoms with E-state index in [1.165, 1.54) is 27.3 Å². The van der Waals surface area contributed by atoms with Crippen LogP contribution in [0.3, 0.4) is 0 Å².